The average Bonchev–Trinajstić information content (AvgIpc) is 2.75. The highest BCUT2D eigenvalue weighted by Gasteiger charge is 2.49. The number of unbranched alkanes of at least 4 members (excludes halogenated alkanes) is 2. The second kappa shape index (κ2) is 7.93. The summed E-state index contributed by atoms with van der Waals surface area (Å²) < 4.78 is 0. The zero-order chi connectivity index (χ0) is 19.6. The van der Waals surface area contributed by atoms with Crippen molar-refractivity contribution in [1.29, 1.82) is 0 Å². The van der Waals surface area contributed by atoms with E-state index in [1.54, 1.807) is 0 Å². The fourth-order valence-corrected chi connectivity index (χ4v) is 5.99. The molecular formula is C27H37N. The molecular weight excluding hydrogens is 338 g/mol. The Kier molecular flexibility index (Phi) is 5.54. The fraction of sp³-hybridized carbons (Fsp3) is 0.556. The lowest BCUT2D eigenvalue weighted by Gasteiger charge is -2.54. The predicted molar refractivity (Wildman–Crippen MR) is 122 cm³/mol. The maximum Gasteiger partial charge on any atom is 0.0431 e. The van der Waals surface area contributed by atoms with Crippen molar-refractivity contribution < 1.29 is 0 Å². The highest BCUT2D eigenvalue weighted by molar-refractivity contribution is 5.79. The fourth-order valence-electron chi connectivity index (χ4n) is 5.99. The molecule has 0 aliphatic heterocycles. The third-order valence-electron chi connectivity index (χ3n) is 8.06. The van der Waals surface area contributed by atoms with Gasteiger partial charge in [0, 0.05) is 11.3 Å². The van der Waals surface area contributed by atoms with Gasteiger partial charge in [-0.15, -0.1) is 0 Å². The summed E-state index contributed by atoms with van der Waals surface area (Å²) in [6, 6.07) is 15.7. The Morgan fingerprint density at radius 3 is 2.11 bits per heavy atom. The lowest BCUT2D eigenvalue weighted by molar-refractivity contribution is 0.0309. The average molecular weight is 376 g/mol. The molecule has 0 amide bonds. The summed E-state index contributed by atoms with van der Waals surface area (Å²) in [5, 5.41) is 0. The highest BCUT2D eigenvalue weighted by atomic mass is 14.6. The summed E-state index contributed by atoms with van der Waals surface area (Å²) in [5.41, 5.74) is 14.1. The summed E-state index contributed by atoms with van der Waals surface area (Å²) in [4.78, 5) is 0. The van der Waals surface area contributed by atoms with Crippen LogP contribution in [0.4, 0.5) is 5.69 Å². The van der Waals surface area contributed by atoms with Gasteiger partial charge in [-0.1, -0.05) is 75.6 Å². The number of hydrogen-bond donors (Lipinski definition) is 1. The van der Waals surface area contributed by atoms with Crippen LogP contribution in [-0.2, 0) is 11.8 Å². The largest absolute Gasteiger partial charge is 0.398 e. The lowest BCUT2D eigenvalue weighted by atomic mass is 9.50. The molecule has 1 heteroatoms. The van der Waals surface area contributed by atoms with Crippen LogP contribution in [0.2, 0.25) is 0 Å². The predicted octanol–water partition coefficient (Wildman–Crippen LogP) is 7.67. The summed E-state index contributed by atoms with van der Waals surface area (Å²) in [6.07, 6.45) is 14.9. The van der Waals surface area contributed by atoms with Crippen LogP contribution in [0.15, 0.2) is 42.5 Å². The molecule has 3 aliphatic rings. The Morgan fingerprint density at radius 1 is 0.821 bits per heavy atom. The van der Waals surface area contributed by atoms with E-state index in [2.05, 4.69) is 56.3 Å². The number of rotatable bonds is 7. The summed E-state index contributed by atoms with van der Waals surface area (Å²) in [6.45, 7) is 4.52. The molecule has 0 spiro atoms. The minimum Gasteiger partial charge on any atom is -0.398 e. The molecule has 150 valence electrons. The molecule has 2 aromatic rings. The summed E-state index contributed by atoms with van der Waals surface area (Å²) >= 11 is 0. The third-order valence-corrected chi connectivity index (χ3v) is 8.06. The molecule has 2 N–H and O–H groups in total. The van der Waals surface area contributed by atoms with Gasteiger partial charge in [-0.3, -0.25) is 0 Å². The van der Waals surface area contributed by atoms with Crippen LogP contribution in [0, 0.1) is 5.41 Å². The first-order valence-corrected chi connectivity index (χ1v) is 11.6. The van der Waals surface area contributed by atoms with Gasteiger partial charge in [0.2, 0.25) is 0 Å². The van der Waals surface area contributed by atoms with Gasteiger partial charge in [0.15, 0.2) is 0 Å². The number of aryl methyl sites for hydroxylation is 1. The topological polar surface area (TPSA) is 26.0 Å². The second-order valence-corrected chi connectivity index (χ2v) is 9.55. The maximum absolute atomic E-state index is 6.83. The molecule has 2 aromatic carbocycles. The molecule has 5 rings (SSSR count). The van der Waals surface area contributed by atoms with Crippen LogP contribution in [0.5, 0.6) is 0 Å². The van der Waals surface area contributed by atoms with Crippen molar-refractivity contribution in [3.8, 4) is 11.1 Å². The normalized spacial score (nSPS) is 26.5. The minimum absolute atomic E-state index is 0.329. The number of fused-ring (bicyclic) bond motifs is 3. The van der Waals surface area contributed by atoms with E-state index in [4.69, 9.17) is 5.73 Å². The Bertz CT molecular complexity index is 777. The van der Waals surface area contributed by atoms with E-state index in [0.717, 1.165) is 12.1 Å². The van der Waals surface area contributed by atoms with Gasteiger partial charge in [-0.25, -0.2) is 0 Å². The molecule has 0 saturated heterocycles. The van der Waals surface area contributed by atoms with E-state index in [1.807, 2.05) is 0 Å². The van der Waals surface area contributed by atoms with E-state index in [0.29, 0.717) is 10.8 Å². The third kappa shape index (κ3) is 3.49. The highest BCUT2D eigenvalue weighted by Crippen LogP contribution is 2.60. The number of anilines is 1. The summed E-state index contributed by atoms with van der Waals surface area (Å²) in [7, 11) is 0. The Balaban J connectivity index is 1.57. The van der Waals surface area contributed by atoms with Gasteiger partial charge in [0.1, 0.15) is 0 Å². The monoisotopic (exact) mass is 375 g/mol. The first-order valence-electron chi connectivity index (χ1n) is 11.6. The molecule has 3 aliphatic carbocycles. The Morgan fingerprint density at radius 2 is 1.50 bits per heavy atom. The standard InChI is InChI=1S/C27H37N/c1-3-5-6-14-26-15-18-27(19-16-26,20-17-26)24-9-7-8-23(25(24)28)22-12-10-21(4-2)11-13-22/h7-13H,3-6,14-20,28H2,1-2H3. The van der Waals surface area contributed by atoms with Gasteiger partial charge >= 0.3 is 0 Å². The van der Waals surface area contributed by atoms with Crippen molar-refractivity contribution in [2.24, 2.45) is 5.41 Å². The zero-order valence-electron chi connectivity index (χ0n) is 17.9. The van der Waals surface area contributed by atoms with Crippen LogP contribution in [0.1, 0.15) is 89.2 Å². The molecule has 0 atom stereocenters. The number of benzene rings is 2. The number of nitrogen functional groups attached to an aromatic ring is 1. The Hall–Kier alpha value is -1.76. The molecule has 3 saturated carbocycles. The van der Waals surface area contributed by atoms with E-state index in [-0.39, 0.29) is 0 Å². The molecule has 1 nitrogen and oxygen atoms in total. The van der Waals surface area contributed by atoms with E-state index >= 15 is 0 Å². The van der Waals surface area contributed by atoms with Gasteiger partial charge in [0.25, 0.3) is 0 Å². The number of nitrogens with two attached hydrogens (primary N) is 1. The van der Waals surface area contributed by atoms with Gasteiger partial charge in [-0.2, -0.15) is 0 Å². The van der Waals surface area contributed by atoms with Crippen molar-refractivity contribution in [3.63, 3.8) is 0 Å². The molecule has 2 bridgehead atoms. The van der Waals surface area contributed by atoms with Crippen LogP contribution in [0.3, 0.4) is 0 Å². The molecule has 0 unspecified atom stereocenters. The van der Waals surface area contributed by atoms with Crippen molar-refractivity contribution >= 4 is 5.69 Å². The molecule has 28 heavy (non-hydrogen) atoms. The van der Waals surface area contributed by atoms with Gasteiger partial charge < -0.3 is 5.73 Å². The maximum atomic E-state index is 6.83. The van der Waals surface area contributed by atoms with Crippen LogP contribution < -0.4 is 5.73 Å². The minimum atomic E-state index is 0.329. The van der Waals surface area contributed by atoms with Crippen LogP contribution in [0.25, 0.3) is 11.1 Å². The number of hydrogen-bond acceptors (Lipinski definition) is 1. The first kappa shape index (κ1) is 19.6. The van der Waals surface area contributed by atoms with Crippen molar-refractivity contribution in [1.82, 2.24) is 0 Å². The van der Waals surface area contributed by atoms with E-state index < -0.39 is 0 Å². The van der Waals surface area contributed by atoms with E-state index in [1.165, 1.54) is 86.5 Å². The molecule has 3 fully saturated rings. The zero-order valence-corrected chi connectivity index (χ0v) is 17.9. The SMILES string of the molecule is CCCCCC12CCC(c3cccc(-c4ccc(CC)cc4)c3N)(CC1)CC2. The smallest absolute Gasteiger partial charge is 0.0431 e. The van der Waals surface area contributed by atoms with Crippen molar-refractivity contribution in [3.05, 3.63) is 53.6 Å². The molecule has 0 radical (unpaired) electrons. The van der Waals surface area contributed by atoms with E-state index in [9.17, 15) is 0 Å². The van der Waals surface area contributed by atoms with Crippen molar-refractivity contribution in [2.45, 2.75) is 89.9 Å². The molecule has 0 heterocycles. The number of para-hydroxylation sites is 1. The van der Waals surface area contributed by atoms with Crippen LogP contribution >= 0.6 is 0 Å². The summed E-state index contributed by atoms with van der Waals surface area (Å²) in [5.74, 6) is 0. The van der Waals surface area contributed by atoms with Crippen molar-refractivity contribution in [2.75, 3.05) is 5.73 Å². The lowest BCUT2D eigenvalue weighted by Crippen LogP contribution is -2.44. The first-order chi connectivity index (χ1) is 13.6. The Labute approximate surface area is 171 Å². The van der Waals surface area contributed by atoms with Gasteiger partial charge in [-0.05, 0) is 78.9 Å². The quantitative estimate of drug-likeness (QED) is 0.390. The molecule has 0 aromatic heterocycles. The van der Waals surface area contributed by atoms with Gasteiger partial charge in [0.05, 0.1) is 0 Å². The second-order valence-electron chi connectivity index (χ2n) is 9.55. The van der Waals surface area contributed by atoms with Crippen LogP contribution in [-0.4, -0.2) is 0 Å².